The molecule has 0 saturated heterocycles. The molecule has 1 aromatic heterocycles. The van der Waals surface area contributed by atoms with Crippen molar-refractivity contribution >= 4 is 23.2 Å². The van der Waals surface area contributed by atoms with E-state index in [1.54, 1.807) is 36.3 Å². The van der Waals surface area contributed by atoms with Crippen molar-refractivity contribution in [2.24, 2.45) is 7.05 Å². The number of hydrogen-bond donors (Lipinski definition) is 2. The number of anilines is 1. The van der Waals surface area contributed by atoms with E-state index in [2.05, 4.69) is 15.4 Å². The first-order valence-electron chi connectivity index (χ1n) is 5.24. The molecule has 6 nitrogen and oxygen atoms in total. The molecule has 0 unspecified atom stereocenters. The van der Waals surface area contributed by atoms with Crippen LogP contribution in [0.25, 0.3) is 0 Å². The molecule has 1 aromatic carbocycles. The second-order valence-corrected chi connectivity index (χ2v) is 4.10. The first-order chi connectivity index (χ1) is 8.58. The summed E-state index contributed by atoms with van der Waals surface area (Å²) in [5.74, 6) is 0.227. The van der Waals surface area contributed by atoms with Crippen molar-refractivity contribution in [2.45, 2.75) is 6.54 Å². The van der Waals surface area contributed by atoms with Crippen molar-refractivity contribution in [1.29, 1.82) is 0 Å². The average Bonchev–Trinajstić information content (AvgIpc) is 2.76. The third-order valence-corrected chi connectivity index (χ3v) is 2.75. The van der Waals surface area contributed by atoms with Gasteiger partial charge in [0.05, 0.1) is 22.8 Å². The summed E-state index contributed by atoms with van der Waals surface area (Å²) in [7, 11) is 1.76. The van der Waals surface area contributed by atoms with E-state index in [4.69, 9.17) is 17.3 Å². The average molecular weight is 266 g/mol. The highest BCUT2D eigenvalue weighted by molar-refractivity contribution is 6.36. The Bertz CT molecular complexity index is 581. The number of halogens is 1. The highest BCUT2D eigenvalue weighted by atomic mass is 35.5. The maximum atomic E-state index is 11.9. The van der Waals surface area contributed by atoms with Crippen molar-refractivity contribution in [2.75, 3.05) is 5.73 Å². The van der Waals surface area contributed by atoms with E-state index in [-0.39, 0.29) is 17.5 Å². The van der Waals surface area contributed by atoms with Gasteiger partial charge in [0, 0.05) is 7.05 Å². The van der Waals surface area contributed by atoms with Crippen LogP contribution >= 0.6 is 11.6 Å². The first kappa shape index (κ1) is 12.4. The van der Waals surface area contributed by atoms with E-state index < -0.39 is 0 Å². The third kappa shape index (κ3) is 2.60. The van der Waals surface area contributed by atoms with Gasteiger partial charge in [-0.3, -0.25) is 9.48 Å². The van der Waals surface area contributed by atoms with E-state index in [0.717, 1.165) is 0 Å². The number of nitrogens with one attached hydrogen (secondary N) is 1. The number of carbonyl (C=O) groups is 1. The van der Waals surface area contributed by atoms with Gasteiger partial charge in [0.2, 0.25) is 0 Å². The maximum absolute atomic E-state index is 11.9. The van der Waals surface area contributed by atoms with Crippen LogP contribution in [-0.4, -0.2) is 20.7 Å². The molecule has 0 bridgehead atoms. The lowest BCUT2D eigenvalue weighted by molar-refractivity contribution is 0.0950. The molecule has 1 amide bonds. The molecule has 0 fully saturated rings. The Morgan fingerprint density at radius 2 is 2.33 bits per heavy atom. The summed E-state index contributed by atoms with van der Waals surface area (Å²) in [6.45, 7) is 0.241. The van der Waals surface area contributed by atoms with E-state index in [9.17, 15) is 4.79 Å². The van der Waals surface area contributed by atoms with Gasteiger partial charge in [0.1, 0.15) is 6.33 Å². The number of rotatable bonds is 3. The summed E-state index contributed by atoms with van der Waals surface area (Å²) in [4.78, 5) is 15.9. The molecule has 0 radical (unpaired) electrons. The highest BCUT2D eigenvalue weighted by Gasteiger charge is 2.12. The zero-order valence-corrected chi connectivity index (χ0v) is 10.5. The minimum absolute atomic E-state index is 0.241. The van der Waals surface area contributed by atoms with E-state index >= 15 is 0 Å². The number of aryl methyl sites for hydroxylation is 1. The zero-order chi connectivity index (χ0) is 13.1. The lowest BCUT2D eigenvalue weighted by atomic mass is 10.2. The molecule has 94 valence electrons. The molecule has 2 rings (SSSR count). The number of nitrogens with zero attached hydrogens (tertiary/aromatic N) is 3. The number of hydrogen-bond acceptors (Lipinski definition) is 4. The summed E-state index contributed by atoms with van der Waals surface area (Å²) in [6.07, 6.45) is 1.56. The number of carbonyl (C=O) groups excluding carboxylic acids is 1. The van der Waals surface area contributed by atoms with Gasteiger partial charge >= 0.3 is 0 Å². The molecule has 18 heavy (non-hydrogen) atoms. The number of amides is 1. The quantitative estimate of drug-likeness (QED) is 0.810. The van der Waals surface area contributed by atoms with Crippen molar-refractivity contribution in [3.05, 3.63) is 40.9 Å². The Labute approximate surface area is 109 Å². The minimum atomic E-state index is -0.306. The van der Waals surface area contributed by atoms with Gasteiger partial charge in [-0.15, -0.1) is 0 Å². The SMILES string of the molecule is Cn1cnc(CNC(=O)c2cccc(N)c2Cl)n1. The highest BCUT2D eigenvalue weighted by Crippen LogP contribution is 2.22. The Hall–Kier alpha value is -2.08. The smallest absolute Gasteiger partial charge is 0.253 e. The van der Waals surface area contributed by atoms with Crippen molar-refractivity contribution in [3.63, 3.8) is 0 Å². The summed E-state index contributed by atoms with van der Waals surface area (Å²) in [5.41, 5.74) is 6.34. The fourth-order valence-corrected chi connectivity index (χ4v) is 1.66. The molecule has 2 aromatic rings. The van der Waals surface area contributed by atoms with Crippen LogP contribution in [0.1, 0.15) is 16.2 Å². The summed E-state index contributed by atoms with van der Waals surface area (Å²) in [6, 6.07) is 4.93. The topological polar surface area (TPSA) is 85.8 Å². The van der Waals surface area contributed by atoms with Crippen LogP contribution in [0, 0.1) is 0 Å². The lowest BCUT2D eigenvalue weighted by Crippen LogP contribution is -2.24. The number of benzene rings is 1. The van der Waals surface area contributed by atoms with Crippen LogP contribution < -0.4 is 11.1 Å². The van der Waals surface area contributed by atoms with Gasteiger partial charge in [-0.1, -0.05) is 17.7 Å². The Morgan fingerprint density at radius 3 is 3.00 bits per heavy atom. The molecule has 7 heteroatoms. The predicted molar refractivity (Wildman–Crippen MR) is 68.0 cm³/mol. The Balaban J connectivity index is 2.06. The normalized spacial score (nSPS) is 10.3. The monoisotopic (exact) mass is 265 g/mol. The molecule has 0 spiro atoms. The van der Waals surface area contributed by atoms with E-state index in [0.29, 0.717) is 17.1 Å². The largest absolute Gasteiger partial charge is 0.398 e. The minimum Gasteiger partial charge on any atom is -0.398 e. The number of nitrogen functional groups attached to an aromatic ring is 1. The van der Waals surface area contributed by atoms with Crippen molar-refractivity contribution < 1.29 is 4.79 Å². The summed E-state index contributed by atoms with van der Waals surface area (Å²) >= 11 is 5.95. The zero-order valence-electron chi connectivity index (χ0n) is 9.72. The number of nitrogens with two attached hydrogens (primary N) is 1. The molecule has 0 aliphatic carbocycles. The fourth-order valence-electron chi connectivity index (χ4n) is 1.44. The van der Waals surface area contributed by atoms with Crippen molar-refractivity contribution in [1.82, 2.24) is 20.1 Å². The lowest BCUT2D eigenvalue weighted by Gasteiger charge is -2.06. The van der Waals surface area contributed by atoms with E-state index in [1.165, 1.54) is 0 Å². The van der Waals surface area contributed by atoms with Crippen molar-refractivity contribution in [3.8, 4) is 0 Å². The van der Waals surface area contributed by atoms with Gasteiger partial charge in [-0.05, 0) is 12.1 Å². The second-order valence-electron chi connectivity index (χ2n) is 3.73. The van der Waals surface area contributed by atoms with Crippen LogP contribution in [-0.2, 0) is 13.6 Å². The van der Waals surface area contributed by atoms with Gasteiger partial charge in [0.15, 0.2) is 5.82 Å². The predicted octanol–water partition coefficient (Wildman–Crippen LogP) is 0.981. The molecule has 1 heterocycles. The second kappa shape index (κ2) is 5.05. The van der Waals surface area contributed by atoms with E-state index in [1.807, 2.05) is 0 Å². The van der Waals surface area contributed by atoms with Crippen LogP contribution in [0.2, 0.25) is 5.02 Å². The first-order valence-corrected chi connectivity index (χ1v) is 5.62. The van der Waals surface area contributed by atoms with Crippen LogP contribution in [0.5, 0.6) is 0 Å². The molecule has 0 aliphatic rings. The molecule has 3 N–H and O–H groups in total. The van der Waals surface area contributed by atoms with Crippen LogP contribution in [0.3, 0.4) is 0 Å². The molecule has 0 saturated carbocycles. The van der Waals surface area contributed by atoms with Gasteiger partial charge in [0.25, 0.3) is 5.91 Å². The van der Waals surface area contributed by atoms with Crippen LogP contribution in [0.4, 0.5) is 5.69 Å². The molecule has 0 aliphatic heterocycles. The maximum Gasteiger partial charge on any atom is 0.253 e. The summed E-state index contributed by atoms with van der Waals surface area (Å²) < 4.78 is 1.56. The molecular weight excluding hydrogens is 254 g/mol. The van der Waals surface area contributed by atoms with Gasteiger partial charge < -0.3 is 11.1 Å². The third-order valence-electron chi connectivity index (χ3n) is 2.33. The molecule has 0 atom stereocenters. The Morgan fingerprint density at radius 1 is 1.56 bits per heavy atom. The standard InChI is InChI=1S/C11H12ClN5O/c1-17-6-15-9(16-17)5-14-11(18)7-3-2-4-8(13)10(7)12/h2-4,6H,5,13H2,1H3,(H,14,18). The summed E-state index contributed by atoms with van der Waals surface area (Å²) in [5, 5.41) is 6.98. The fraction of sp³-hybridized carbons (Fsp3) is 0.182. The van der Waals surface area contributed by atoms with Crippen LogP contribution in [0.15, 0.2) is 24.5 Å². The van der Waals surface area contributed by atoms with Gasteiger partial charge in [-0.25, -0.2) is 4.98 Å². The van der Waals surface area contributed by atoms with Gasteiger partial charge in [-0.2, -0.15) is 5.10 Å². The Kier molecular flexibility index (Phi) is 3.47. The molecular formula is C11H12ClN5O. The number of aromatic nitrogens is 3.